The molecule has 0 unspecified atom stereocenters. The van der Waals surface area contributed by atoms with Crippen molar-refractivity contribution < 1.29 is 4.79 Å². The van der Waals surface area contributed by atoms with Gasteiger partial charge in [0.05, 0.1) is 0 Å². The molecule has 2 spiro atoms. The van der Waals surface area contributed by atoms with Crippen LogP contribution in [-0.2, 0) is 4.79 Å². The highest BCUT2D eigenvalue weighted by molar-refractivity contribution is 5.86. The lowest BCUT2D eigenvalue weighted by Crippen LogP contribution is -2.57. The van der Waals surface area contributed by atoms with Gasteiger partial charge in [-0.2, -0.15) is 0 Å². The Morgan fingerprint density at radius 1 is 0.800 bits per heavy atom. The third-order valence-corrected chi connectivity index (χ3v) is 9.92. The highest BCUT2D eigenvalue weighted by Crippen LogP contribution is 2.51. The number of nitrogens with zero attached hydrogens (tertiary/aromatic N) is 3. The summed E-state index contributed by atoms with van der Waals surface area (Å²) in [4.78, 5) is 19.4. The molecule has 0 atom stereocenters. The number of ketones is 1. The highest BCUT2D eigenvalue weighted by Gasteiger charge is 2.49. The van der Waals surface area contributed by atoms with Gasteiger partial charge in [0, 0.05) is 30.0 Å². The lowest BCUT2D eigenvalue weighted by Gasteiger charge is -2.56. The quantitative estimate of drug-likeness (QED) is 0.632. The van der Waals surface area contributed by atoms with Crippen molar-refractivity contribution >= 4 is 5.78 Å². The smallest absolute Gasteiger partial charge is 0.134 e. The molecule has 0 aromatic rings. The molecule has 0 aromatic carbocycles. The zero-order valence-corrected chi connectivity index (χ0v) is 20.7. The molecule has 4 aliphatic rings. The minimum absolute atomic E-state index is 0.260. The highest BCUT2D eigenvalue weighted by atomic mass is 16.1. The van der Waals surface area contributed by atoms with E-state index in [4.69, 9.17) is 0 Å². The summed E-state index contributed by atoms with van der Waals surface area (Å²) in [6.07, 6.45) is 12.4. The van der Waals surface area contributed by atoms with E-state index in [1.165, 1.54) is 77.5 Å². The van der Waals surface area contributed by atoms with Gasteiger partial charge in [-0.1, -0.05) is 0 Å². The maximum absolute atomic E-state index is 11.5. The summed E-state index contributed by atoms with van der Waals surface area (Å²) in [7, 11) is 4.48. The number of carbonyl (C=O) groups excluding carboxylic acids is 1. The topological polar surface area (TPSA) is 26.8 Å². The van der Waals surface area contributed by atoms with Crippen LogP contribution in [0.25, 0.3) is 0 Å². The molecule has 0 aromatic heterocycles. The summed E-state index contributed by atoms with van der Waals surface area (Å²) in [5.74, 6) is 0.493. The average molecular weight is 418 g/mol. The number of piperidine rings is 2. The second-order valence-electron chi connectivity index (χ2n) is 13.0. The lowest BCUT2D eigenvalue weighted by atomic mass is 9.60. The zero-order valence-electron chi connectivity index (χ0n) is 20.7. The number of rotatable bonds is 6. The van der Waals surface area contributed by atoms with Crippen molar-refractivity contribution in [2.75, 3.05) is 40.3 Å². The third kappa shape index (κ3) is 4.38. The van der Waals surface area contributed by atoms with E-state index < -0.39 is 0 Å². The molecule has 4 heteroatoms. The monoisotopic (exact) mass is 417 g/mol. The van der Waals surface area contributed by atoms with Crippen LogP contribution in [0.3, 0.4) is 0 Å². The van der Waals surface area contributed by atoms with Crippen molar-refractivity contribution in [3.63, 3.8) is 0 Å². The average Bonchev–Trinajstić information content (AvgIpc) is 2.64. The molecule has 0 amide bonds. The fraction of sp³-hybridized carbons (Fsp3) is 0.962. The van der Waals surface area contributed by atoms with Gasteiger partial charge >= 0.3 is 0 Å². The Kier molecular flexibility index (Phi) is 5.95. The first-order valence-corrected chi connectivity index (χ1v) is 12.6. The Hall–Kier alpha value is -0.450. The van der Waals surface area contributed by atoms with Gasteiger partial charge in [-0.05, 0) is 130 Å². The fourth-order valence-electron chi connectivity index (χ4n) is 6.95. The summed E-state index contributed by atoms with van der Waals surface area (Å²) >= 11 is 0. The van der Waals surface area contributed by atoms with E-state index in [-0.39, 0.29) is 5.54 Å². The molecule has 0 N–H and O–H groups in total. The molecule has 30 heavy (non-hydrogen) atoms. The summed E-state index contributed by atoms with van der Waals surface area (Å²) in [5, 5.41) is 0. The molecular weight excluding hydrogens is 370 g/mol. The molecule has 2 aliphatic carbocycles. The first-order chi connectivity index (χ1) is 13.9. The third-order valence-electron chi connectivity index (χ3n) is 9.92. The Morgan fingerprint density at radius 3 is 1.57 bits per heavy atom. The first-order valence-electron chi connectivity index (χ1n) is 12.6. The normalized spacial score (nSPS) is 28.2. The van der Waals surface area contributed by atoms with Crippen LogP contribution in [-0.4, -0.2) is 77.9 Å². The molecule has 0 radical (unpaired) electrons. The van der Waals surface area contributed by atoms with Gasteiger partial charge in [-0.25, -0.2) is 0 Å². The van der Waals surface area contributed by atoms with E-state index in [9.17, 15) is 4.79 Å². The van der Waals surface area contributed by atoms with Crippen LogP contribution < -0.4 is 0 Å². The molecule has 2 heterocycles. The van der Waals surface area contributed by atoms with E-state index in [0.29, 0.717) is 22.2 Å². The lowest BCUT2D eigenvalue weighted by molar-refractivity contribution is -0.136. The van der Waals surface area contributed by atoms with Crippen molar-refractivity contribution in [3.05, 3.63) is 0 Å². The van der Waals surface area contributed by atoms with Gasteiger partial charge < -0.3 is 4.90 Å². The van der Waals surface area contributed by atoms with E-state index in [2.05, 4.69) is 56.5 Å². The Bertz CT molecular complexity index is 619. The minimum Gasteiger partial charge on any atom is -0.306 e. The molecule has 2 aliphatic heterocycles. The second kappa shape index (κ2) is 7.85. The van der Waals surface area contributed by atoms with E-state index >= 15 is 0 Å². The van der Waals surface area contributed by atoms with Gasteiger partial charge in [0.15, 0.2) is 0 Å². The molecule has 2 saturated carbocycles. The predicted molar refractivity (Wildman–Crippen MR) is 125 cm³/mol. The van der Waals surface area contributed by atoms with Crippen molar-refractivity contribution in [1.82, 2.24) is 14.7 Å². The Balaban J connectivity index is 1.23. The van der Waals surface area contributed by atoms with Gasteiger partial charge in [0.1, 0.15) is 5.78 Å². The molecule has 0 bridgehead atoms. The Labute approximate surface area is 185 Å². The Morgan fingerprint density at radius 2 is 1.20 bits per heavy atom. The number of Topliss-reactive ketones (excluding diaryl/α,β-unsaturated/α-hetero) is 1. The van der Waals surface area contributed by atoms with Crippen LogP contribution in [0.5, 0.6) is 0 Å². The summed E-state index contributed by atoms with van der Waals surface area (Å²) in [6.45, 7) is 14.8. The van der Waals surface area contributed by atoms with Gasteiger partial charge in [0.25, 0.3) is 0 Å². The minimum atomic E-state index is 0.260. The van der Waals surface area contributed by atoms with Gasteiger partial charge in [-0.15, -0.1) is 0 Å². The van der Waals surface area contributed by atoms with Crippen molar-refractivity contribution in [3.8, 4) is 0 Å². The zero-order chi connectivity index (χ0) is 21.8. The van der Waals surface area contributed by atoms with Crippen LogP contribution in [0.1, 0.15) is 91.9 Å². The number of likely N-dealkylation sites (tertiary alicyclic amines) is 2. The first kappa shape index (κ1) is 22.7. The largest absolute Gasteiger partial charge is 0.306 e. The van der Waals surface area contributed by atoms with Crippen LogP contribution in [0.4, 0.5) is 0 Å². The number of hydrogen-bond donors (Lipinski definition) is 0. The van der Waals surface area contributed by atoms with Crippen LogP contribution in [0, 0.1) is 10.8 Å². The molecule has 4 fully saturated rings. The SMILES string of the molecule is CN(C)C1CC2(CCN(C(C)(C)CCC(C)(C)N3CCC4(CC3)CC(=O)C4)CC2)C1. The van der Waals surface area contributed by atoms with Crippen molar-refractivity contribution in [1.29, 1.82) is 0 Å². The maximum Gasteiger partial charge on any atom is 0.134 e. The van der Waals surface area contributed by atoms with E-state index in [0.717, 1.165) is 18.9 Å². The molecule has 4 nitrogen and oxygen atoms in total. The summed E-state index contributed by atoms with van der Waals surface area (Å²) < 4.78 is 0. The molecular formula is C26H47N3O. The maximum atomic E-state index is 11.5. The van der Waals surface area contributed by atoms with Gasteiger partial charge in [-0.3, -0.25) is 14.6 Å². The predicted octanol–water partition coefficient (Wildman–Crippen LogP) is 4.58. The van der Waals surface area contributed by atoms with Crippen molar-refractivity contribution in [2.24, 2.45) is 10.8 Å². The fourth-order valence-corrected chi connectivity index (χ4v) is 6.95. The second-order valence-corrected chi connectivity index (χ2v) is 13.0. The molecule has 172 valence electrons. The number of hydrogen-bond acceptors (Lipinski definition) is 4. The summed E-state index contributed by atoms with van der Waals surface area (Å²) in [6, 6.07) is 0.826. The number of carbonyl (C=O) groups is 1. The van der Waals surface area contributed by atoms with E-state index in [1.807, 2.05) is 0 Å². The van der Waals surface area contributed by atoms with Crippen molar-refractivity contribution in [2.45, 2.75) is 109 Å². The van der Waals surface area contributed by atoms with Crippen LogP contribution in [0.2, 0.25) is 0 Å². The molecule has 4 rings (SSSR count). The van der Waals surface area contributed by atoms with Gasteiger partial charge in [0.2, 0.25) is 0 Å². The van der Waals surface area contributed by atoms with Crippen LogP contribution in [0.15, 0.2) is 0 Å². The summed E-state index contributed by atoms with van der Waals surface area (Å²) in [5.41, 5.74) is 1.60. The standard InChI is InChI=1S/C26H47N3O/c1-23(2,28-13-9-25(10-14-28)17-21(18-25)27(5)6)7-8-24(3,4)29-15-11-26(12-16-29)19-22(30)20-26/h21H,7-20H2,1-6H3. The van der Waals surface area contributed by atoms with E-state index in [1.54, 1.807) is 0 Å². The van der Waals surface area contributed by atoms with Crippen LogP contribution >= 0.6 is 0 Å². The molecule has 2 saturated heterocycles.